The monoisotopic (exact) mass is 576 g/mol. The molecule has 0 unspecified atom stereocenters. The number of unbranched alkanes of at least 4 members (excludes halogenated alkanes) is 5. The van der Waals surface area contributed by atoms with Crippen molar-refractivity contribution < 1.29 is 26.5 Å². The normalized spacial score (nSPS) is 13.2. The third kappa shape index (κ3) is 7.09. The summed E-state index contributed by atoms with van der Waals surface area (Å²) in [6, 6.07) is 24.3. The Balaban J connectivity index is 2.05. The molecule has 7 heteroatoms. The summed E-state index contributed by atoms with van der Waals surface area (Å²) in [7, 11) is -3.14. The zero-order valence-corrected chi connectivity index (χ0v) is 24.6. The maximum absolute atomic E-state index is 15.3. The van der Waals surface area contributed by atoms with Crippen molar-refractivity contribution in [3.63, 3.8) is 0 Å². The van der Waals surface area contributed by atoms with Crippen molar-refractivity contribution in [3.8, 4) is 0 Å². The van der Waals surface area contributed by atoms with E-state index in [1.54, 1.807) is 72.8 Å². The molecule has 0 aliphatic rings. The Morgan fingerprint density at radius 3 is 1.60 bits per heavy atom. The summed E-state index contributed by atoms with van der Waals surface area (Å²) >= 11 is 0. The maximum Gasteiger partial charge on any atom is 0.405 e. The molecule has 0 aromatic heterocycles. The molecule has 0 bridgehead atoms. The van der Waals surface area contributed by atoms with Crippen molar-refractivity contribution in [2.24, 2.45) is 0 Å². The van der Waals surface area contributed by atoms with E-state index in [0.29, 0.717) is 27.5 Å². The van der Waals surface area contributed by atoms with E-state index in [1.807, 2.05) is 39.8 Å². The molecule has 3 rings (SSSR count). The highest BCUT2D eigenvalue weighted by Crippen LogP contribution is 2.69. The molecule has 3 aromatic rings. The van der Waals surface area contributed by atoms with E-state index in [9.17, 15) is 13.6 Å². The third-order valence-electron chi connectivity index (χ3n) is 6.96. The highest BCUT2D eigenvalue weighted by atomic mass is 32.3. The number of rotatable bonds is 13. The Morgan fingerprint density at radius 2 is 1.12 bits per heavy atom. The van der Waals surface area contributed by atoms with Crippen LogP contribution in [-0.2, 0) is 14.4 Å². The van der Waals surface area contributed by atoms with Crippen LogP contribution in [0.25, 0.3) is 0 Å². The Kier molecular flexibility index (Phi) is 10.5. The Hall–Kier alpha value is -2.80. The fourth-order valence-electron chi connectivity index (χ4n) is 4.52. The van der Waals surface area contributed by atoms with E-state index < -0.39 is 34.5 Å². The van der Waals surface area contributed by atoms with Crippen LogP contribution in [0.1, 0.15) is 78.2 Å². The number of carbonyl (C=O) groups excluding carboxylic acids is 1. The van der Waals surface area contributed by atoms with Crippen LogP contribution in [-0.4, -0.2) is 17.8 Å². The van der Waals surface area contributed by atoms with Crippen LogP contribution < -0.4 is 0 Å². The van der Waals surface area contributed by atoms with Gasteiger partial charge in [-0.1, -0.05) is 108 Å². The van der Waals surface area contributed by atoms with Crippen LogP contribution in [0.3, 0.4) is 0 Å². The third-order valence-corrected chi connectivity index (χ3v) is 10.2. The minimum Gasteiger partial charge on any atom is -0.397 e. The smallest absolute Gasteiger partial charge is 0.397 e. The Bertz CT molecular complexity index is 1170. The molecule has 0 atom stereocenters. The van der Waals surface area contributed by atoms with E-state index in [-0.39, 0.29) is 11.8 Å². The number of alkyl halides is 4. The first kappa shape index (κ1) is 31.7. The maximum atomic E-state index is 15.3. The highest BCUT2D eigenvalue weighted by molar-refractivity contribution is 8.30. The molecule has 0 radical (unpaired) electrons. The number of hydrogen-bond acceptors (Lipinski definition) is 2. The molecule has 0 saturated heterocycles. The molecule has 2 nitrogen and oxygen atoms in total. The van der Waals surface area contributed by atoms with Crippen LogP contribution in [0.5, 0.6) is 0 Å². The molecule has 40 heavy (non-hydrogen) atoms. The first-order valence-electron chi connectivity index (χ1n) is 13.9. The van der Waals surface area contributed by atoms with Crippen LogP contribution in [0.15, 0.2) is 99.6 Å². The standard InChI is InChI=1S/C33H40F4O2S/c1-5-6-7-8-9-16-25-32(34,35)33(36,37)30(38)39-40(27-17-12-10-13-18-27,28-19-14-11-15-20-28)29-23-21-26(22-24-29)31(2,3)4/h10-15,17-24H,5-9,16,25H2,1-4H3. The zero-order valence-electron chi connectivity index (χ0n) is 23.8. The van der Waals surface area contributed by atoms with E-state index in [1.165, 1.54) is 0 Å². The molecule has 0 heterocycles. The van der Waals surface area contributed by atoms with E-state index in [2.05, 4.69) is 0 Å². The Labute approximate surface area is 237 Å². The quantitative estimate of drug-likeness (QED) is 0.149. The van der Waals surface area contributed by atoms with Gasteiger partial charge in [0.15, 0.2) is 0 Å². The first-order valence-corrected chi connectivity index (χ1v) is 15.5. The molecule has 0 aliphatic carbocycles. The van der Waals surface area contributed by atoms with Gasteiger partial charge in [-0.3, -0.25) is 0 Å². The predicted molar refractivity (Wildman–Crippen MR) is 154 cm³/mol. The van der Waals surface area contributed by atoms with Gasteiger partial charge in [0.05, 0.1) is 0 Å². The van der Waals surface area contributed by atoms with Gasteiger partial charge in [-0.2, -0.15) is 17.6 Å². The average molecular weight is 577 g/mol. The van der Waals surface area contributed by atoms with Gasteiger partial charge in [0, 0.05) is 21.1 Å². The fourth-order valence-corrected chi connectivity index (χ4v) is 7.56. The lowest BCUT2D eigenvalue weighted by Gasteiger charge is -2.41. The summed E-state index contributed by atoms with van der Waals surface area (Å²) in [5, 5.41) is 0. The Morgan fingerprint density at radius 1 is 0.675 bits per heavy atom. The molecular weight excluding hydrogens is 536 g/mol. The average Bonchev–Trinajstić information content (AvgIpc) is 2.94. The molecule has 218 valence electrons. The van der Waals surface area contributed by atoms with Gasteiger partial charge in [-0.05, 0) is 64.1 Å². The minimum atomic E-state index is -5.00. The van der Waals surface area contributed by atoms with Crippen LogP contribution >= 0.6 is 10.3 Å². The summed E-state index contributed by atoms with van der Waals surface area (Å²) < 4.78 is 66.3. The second-order valence-corrected chi connectivity index (χ2v) is 13.8. The zero-order chi connectivity index (χ0) is 29.4. The second-order valence-electron chi connectivity index (χ2n) is 11.1. The lowest BCUT2D eigenvalue weighted by molar-refractivity contribution is -0.223. The summed E-state index contributed by atoms with van der Waals surface area (Å²) in [6.45, 7) is 8.17. The predicted octanol–water partition coefficient (Wildman–Crippen LogP) is 10.7. The van der Waals surface area contributed by atoms with Gasteiger partial charge in [0.2, 0.25) is 0 Å². The van der Waals surface area contributed by atoms with Gasteiger partial charge in [-0.15, -0.1) is 0 Å². The number of benzene rings is 3. The van der Waals surface area contributed by atoms with Gasteiger partial charge < -0.3 is 4.18 Å². The van der Waals surface area contributed by atoms with Gasteiger partial charge >= 0.3 is 17.8 Å². The molecule has 0 aliphatic heterocycles. The lowest BCUT2D eigenvalue weighted by atomic mass is 9.87. The topological polar surface area (TPSA) is 26.3 Å². The highest BCUT2D eigenvalue weighted by Gasteiger charge is 2.64. The van der Waals surface area contributed by atoms with Crippen molar-refractivity contribution in [1.29, 1.82) is 0 Å². The summed E-state index contributed by atoms with van der Waals surface area (Å²) in [4.78, 5) is 14.6. The summed E-state index contributed by atoms with van der Waals surface area (Å²) in [5.74, 6) is -11.8. The van der Waals surface area contributed by atoms with Crippen molar-refractivity contribution in [3.05, 3.63) is 90.5 Å². The van der Waals surface area contributed by atoms with Crippen molar-refractivity contribution in [1.82, 2.24) is 0 Å². The van der Waals surface area contributed by atoms with E-state index in [0.717, 1.165) is 24.8 Å². The number of carbonyl (C=O) groups is 1. The minimum absolute atomic E-state index is 0.0940. The van der Waals surface area contributed by atoms with Crippen LogP contribution in [0, 0.1) is 0 Å². The molecule has 3 aromatic carbocycles. The van der Waals surface area contributed by atoms with Crippen molar-refractivity contribution in [2.45, 2.75) is 105 Å². The van der Waals surface area contributed by atoms with Gasteiger partial charge in [-0.25, -0.2) is 4.79 Å². The second kappa shape index (κ2) is 13.2. The van der Waals surface area contributed by atoms with E-state index in [4.69, 9.17) is 4.18 Å². The molecule has 0 N–H and O–H groups in total. The molecular formula is C33H40F4O2S. The van der Waals surface area contributed by atoms with Gasteiger partial charge in [0.25, 0.3) is 0 Å². The first-order chi connectivity index (χ1) is 18.9. The van der Waals surface area contributed by atoms with Crippen LogP contribution in [0.2, 0.25) is 0 Å². The van der Waals surface area contributed by atoms with Crippen molar-refractivity contribution >= 4 is 16.3 Å². The molecule has 0 spiro atoms. The largest absolute Gasteiger partial charge is 0.405 e. The fraction of sp³-hybridized carbons (Fsp3) is 0.424. The summed E-state index contributed by atoms with van der Waals surface area (Å²) in [5.41, 5.74) is 0.811. The number of halogens is 4. The van der Waals surface area contributed by atoms with E-state index >= 15 is 8.78 Å². The number of hydrogen-bond donors (Lipinski definition) is 0. The molecule has 0 fully saturated rings. The lowest BCUT2D eigenvalue weighted by Crippen LogP contribution is -2.48. The van der Waals surface area contributed by atoms with Gasteiger partial charge in [0.1, 0.15) is 0 Å². The molecule has 0 amide bonds. The van der Waals surface area contributed by atoms with Crippen LogP contribution in [0.4, 0.5) is 17.6 Å². The van der Waals surface area contributed by atoms with Crippen molar-refractivity contribution in [2.75, 3.05) is 0 Å². The molecule has 0 saturated carbocycles. The summed E-state index contributed by atoms with van der Waals surface area (Å²) in [6.07, 6.45) is 2.76. The SMILES string of the molecule is CCCCCCCCC(F)(F)C(F)(F)C(=O)OS(c1ccccc1)(c1ccccc1)c1ccc(C(C)(C)C)cc1.